The Kier molecular flexibility index (Phi) is 4.51. The molecule has 0 saturated carbocycles. The minimum atomic E-state index is -1.03. The van der Waals surface area contributed by atoms with Gasteiger partial charge < -0.3 is 15.1 Å². The quantitative estimate of drug-likeness (QED) is 0.753. The van der Waals surface area contributed by atoms with E-state index in [1.807, 2.05) is 7.05 Å². The molecule has 0 radical (unpaired) electrons. The first-order valence-electron chi connectivity index (χ1n) is 5.97. The number of carboxylic acids is 2. The van der Waals surface area contributed by atoms with Crippen LogP contribution in [0.5, 0.6) is 0 Å². The molecule has 0 spiro atoms. The first-order chi connectivity index (χ1) is 7.82. The molecule has 4 unspecified atom stereocenters. The molecule has 0 amide bonds. The Bertz CT molecular complexity index is 305. The highest BCUT2D eigenvalue weighted by atomic mass is 16.4. The summed E-state index contributed by atoms with van der Waals surface area (Å²) >= 11 is 0. The van der Waals surface area contributed by atoms with Crippen LogP contribution in [-0.4, -0.2) is 47.2 Å². The molecular formula is C12H21NO4. The smallest absolute Gasteiger partial charge is 0.307 e. The van der Waals surface area contributed by atoms with E-state index >= 15 is 0 Å². The van der Waals surface area contributed by atoms with E-state index in [4.69, 9.17) is 10.2 Å². The molecule has 98 valence electrons. The van der Waals surface area contributed by atoms with Gasteiger partial charge in [0, 0.05) is 13.1 Å². The van der Waals surface area contributed by atoms with Crippen LogP contribution in [0.1, 0.15) is 20.3 Å². The Morgan fingerprint density at radius 2 is 1.88 bits per heavy atom. The zero-order valence-electron chi connectivity index (χ0n) is 10.6. The van der Waals surface area contributed by atoms with E-state index in [1.54, 1.807) is 0 Å². The van der Waals surface area contributed by atoms with Gasteiger partial charge in [0.1, 0.15) is 0 Å². The van der Waals surface area contributed by atoms with E-state index in [2.05, 4.69) is 11.8 Å². The van der Waals surface area contributed by atoms with Gasteiger partial charge in [-0.3, -0.25) is 9.59 Å². The van der Waals surface area contributed by atoms with Gasteiger partial charge >= 0.3 is 11.9 Å². The van der Waals surface area contributed by atoms with Crippen LogP contribution in [0.4, 0.5) is 0 Å². The molecule has 0 aliphatic carbocycles. The topological polar surface area (TPSA) is 77.8 Å². The van der Waals surface area contributed by atoms with Gasteiger partial charge in [0.15, 0.2) is 0 Å². The minimum Gasteiger partial charge on any atom is -0.481 e. The maximum absolute atomic E-state index is 11.1. The standard InChI is InChI=1S/C12H21NO4/c1-7-5-13(3)6-9(7)4-10(12(16)17)8(2)11(14)15/h7-10H,4-6H2,1-3H3,(H,14,15)(H,16,17). The third kappa shape index (κ3) is 3.43. The normalized spacial score (nSPS) is 28.9. The van der Waals surface area contributed by atoms with Crippen molar-refractivity contribution >= 4 is 11.9 Å². The second-order valence-corrected chi connectivity index (χ2v) is 5.27. The highest BCUT2D eigenvalue weighted by Crippen LogP contribution is 2.30. The molecule has 5 nitrogen and oxygen atoms in total. The zero-order chi connectivity index (χ0) is 13.2. The number of carboxylic acid groups (broad SMARTS) is 2. The molecule has 17 heavy (non-hydrogen) atoms. The molecule has 0 aromatic carbocycles. The Hall–Kier alpha value is -1.10. The van der Waals surface area contributed by atoms with Gasteiger partial charge in [0.2, 0.25) is 0 Å². The molecule has 0 aromatic rings. The Balaban J connectivity index is 2.67. The van der Waals surface area contributed by atoms with Crippen molar-refractivity contribution in [3.63, 3.8) is 0 Å². The summed E-state index contributed by atoms with van der Waals surface area (Å²) in [6.45, 7) is 5.39. The predicted molar refractivity (Wildman–Crippen MR) is 62.7 cm³/mol. The van der Waals surface area contributed by atoms with E-state index < -0.39 is 23.8 Å². The van der Waals surface area contributed by atoms with Crippen LogP contribution in [0.3, 0.4) is 0 Å². The van der Waals surface area contributed by atoms with E-state index in [9.17, 15) is 9.59 Å². The number of hydrogen-bond acceptors (Lipinski definition) is 3. The zero-order valence-corrected chi connectivity index (χ0v) is 10.6. The van der Waals surface area contributed by atoms with Crippen molar-refractivity contribution in [2.75, 3.05) is 20.1 Å². The van der Waals surface area contributed by atoms with Gasteiger partial charge in [-0.2, -0.15) is 0 Å². The number of hydrogen-bond donors (Lipinski definition) is 2. The first kappa shape index (κ1) is 14.0. The van der Waals surface area contributed by atoms with Crippen molar-refractivity contribution < 1.29 is 19.8 Å². The Morgan fingerprint density at radius 1 is 1.29 bits per heavy atom. The minimum absolute atomic E-state index is 0.280. The number of aliphatic carboxylic acids is 2. The van der Waals surface area contributed by atoms with Crippen molar-refractivity contribution in [2.24, 2.45) is 23.7 Å². The number of nitrogens with zero attached hydrogens (tertiary/aromatic N) is 1. The molecule has 4 atom stereocenters. The average Bonchev–Trinajstić information content (AvgIpc) is 2.52. The fraction of sp³-hybridized carbons (Fsp3) is 0.833. The molecular weight excluding hydrogens is 222 g/mol. The SMILES string of the molecule is CC1CN(C)CC1CC(C(=O)O)C(C)C(=O)O. The lowest BCUT2D eigenvalue weighted by Gasteiger charge is -2.22. The highest BCUT2D eigenvalue weighted by Gasteiger charge is 2.36. The van der Waals surface area contributed by atoms with Crippen molar-refractivity contribution in [1.82, 2.24) is 4.90 Å². The molecule has 1 rings (SSSR count). The fourth-order valence-electron chi connectivity index (χ4n) is 2.62. The van der Waals surface area contributed by atoms with Gasteiger partial charge in [-0.05, 0) is 25.3 Å². The first-order valence-corrected chi connectivity index (χ1v) is 5.97. The molecule has 2 N–H and O–H groups in total. The van der Waals surface area contributed by atoms with Crippen LogP contribution < -0.4 is 0 Å². The second-order valence-electron chi connectivity index (χ2n) is 5.27. The predicted octanol–water partition coefficient (Wildman–Crippen LogP) is 0.996. The highest BCUT2D eigenvalue weighted by molar-refractivity contribution is 5.79. The molecule has 1 heterocycles. The molecule has 0 bridgehead atoms. The third-order valence-electron chi connectivity index (χ3n) is 3.82. The molecule has 1 aliphatic rings. The Labute approximate surface area is 101 Å². The van der Waals surface area contributed by atoms with Crippen molar-refractivity contribution in [2.45, 2.75) is 20.3 Å². The summed E-state index contributed by atoms with van der Waals surface area (Å²) in [6, 6.07) is 0. The van der Waals surface area contributed by atoms with Gasteiger partial charge in [0.25, 0.3) is 0 Å². The van der Waals surface area contributed by atoms with Crippen LogP contribution in [0.2, 0.25) is 0 Å². The van der Waals surface area contributed by atoms with E-state index in [0.717, 1.165) is 13.1 Å². The summed E-state index contributed by atoms with van der Waals surface area (Å²) in [7, 11) is 2.01. The monoisotopic (exact) mass is 243 g/mol. The van der Waals surface area contributed by atoms with Gasteiger partial charge in [0.05, 0.1) is 11.8 Å². The summed E-state index contributed by atoms with van der Waals surface area (Å²) in [5, 5.41) is 18.0. The number of carbonyl (C=O) groups is 2. The second kappa shape index (κ2) is 5.49. The van der Waals surface area contributed by atoms with Gasteiger partial charge in [-0.25, -0.2) is 0 Å². The van der Waals surface area contributed by atoms with Crippen LogP contribution in [0.25, 0.3) is 0 Å². The molecule has 5 heteroatoms. The van der Waals surface area contributed by atoms with Crippen molar-refractivity contribution in [3.8, 4) is 0 Å². The summed E-state index contributed by atoms with van der Waals surface area (Å²) in [4.78, 5) is 24.2. The van der Waals surface area contributed by atoms with Crippen LogP contribution in [0, 0.1) is 23.7 Å². The van der Waals surface area contributed by atoms with Crippen molar-refractivity contribution in [3.05, 3.63) is 0 Å². The van der Waals surface area contributed by atoms with Crippen LogP contribution in [-0.2, 0) is 9.59 Å². The molecule has 1 aliphatic heterocycles. The average molecular weight is 243 g/mol. The third-order valence-corrected chi connectivity index (χ3v) is 3.82. The van der Waals surface area contributed by atoms with E-state index in [1.165, 1.54) is 6.92 Å². The molecule has 0 aromatic heterocycles. The van der Waals surface area contributed by atoms with Crippen LogP contribution >= 0.6 is 0 Å². The van der Waals surface area contributed by atoms with E-state index in [0.29, 0.717) is 12.3 Å². The summed E-state index contributed by atoms with van der Waals surface area (Å²) in [6.07, 6.45) is 0.453. The number of rotatable bonds is 5. The summed E-state index contributed by atoms with van der Waals surface area (Å²) < 4.78 is 0. The molecule has 1 fully saturated rings. The maximum Gasteiger partial charge on any atom is 0.307 e. The van der Waals surface area contributed by atoms with Gasteiger partial charge in [-0.15, -0.1) is 0 Å². The largest absolute Gasteiger partial charge is 0.481 e. The van der Waals surface area contributed by atoms with Crippen LogP contribution in [0.15, 0.2) is 0 Å². The number of likely N-dealkylation sites (tertiary alicyclic amines) is 1. The fourth-order valence-corrected chi connectivity index (χ4v) is 2.62. The molecule has 1 saturated heterocycles. The summed E-state index contributed by atoms with van der Waals surface area (Å²) in [5.74, 6) is -2.93. The van der Waals surface area contributed by atoms with Gasteiger partial charge in [-0.1, -0.05) is 13.8 Å². The lowest BCUT2D eigenvalue weighted by atomic mass is 9.82. The maximum atomic E-state index is 11.1. The lowest BCUT2D eigenvalue weighted by molar-refractivity contribution is -0.153. The summed E-state index contributed by atoms with van der Waals surface area (Å²) in [5.41, 5.74) is 0. The Morgan fingerprint density at radius 3 is 2.24 bits per heavy atom. The lowest BCUT2D eigenvalue weighted by Crippen LogP contribution is -2.31. The van der Waals surface area contributed by atoms with E-state index in [-0.39, 0.29) is 5.92 Å². The van der Waals surface area contributed by atoms with Crippen molar-refractivity contribution in [1.29, 1.82) is 0 Å².